The number of hydrogen-bond acceptors (Lipinski definition) is 3. The molecule has 0 bridgehead atoms. The summed E-state index contributed by atoms with van der Waals surface area (Å²) in [6.45, 7) is 1.49. The van der Waals surface area contributed by atoms with Gasteiger partial charge in [0, 0.05) is 12.0 Å². The van der Waals surface area contributed by atoms with Crippen LogP contribution >= 0.6 is 11.6 Å². The zero-order valence-corrected chi connectivity index (χ0v) is 19.9. The molecular formula is C25H20ClF4NO3S. The van der Waals surface area contributed by atoms with E-state index < -0.39 is 44.6 Å². The van der Waals surface area contributed by atoms with Crippen molar-refractivity contribution in [2.24, 2.45) is 0 Å². The highest BCUT2D eigenvalue weighted by Crippen LogP contribution is 2.38. The van der Waals surface area contributed by atoms with E-state index in [-0.39, 0.29) is 22.7 Å². The number of aliphatic hydroxyl groups excluding tert-OH is 1. The van der Waals surface area contributed by atoms with Crippen LogP contribution in [0.3, 0.4) is 0 Å². The highest BCUT2D eigenvalue weighted by atomic mass is 35.5. The average molecular weight is 526 g/mol. The second-order valence-corrected chi connectivity index (χ2v) is 10.4. The Morgan fingerprint density at radius 2 is 1.77 bits per heavy atom. The van der Waals surface area contributed by atoms with Gasteiger partial charge >= 0.3 is 6.18 Å². The molecule has 3 aromatic carbocycles. The normalized spacial score (nSPS) is 18.7. The van der Waals surface area contributed by atoms with Crippen LogP contribution in [-0.2, 0) is 22.6 Å². The first-order chi connectivity index (χ1) is 16.4. The van der Waals surface area contributed by atoms with Crippen molar-refractivity contribution in [3.63, 3.8) is 0 Å². The number of rotatable bonds is 4. The molecule has 1 heterocycles. The number of aliphatic hydroxyl groups is 1. The van der Waals surface area contributed by atoms with Crippen LogP contribution in [0, 0.1) is 5.82 Å². The maximum Gasteiger partial charge on any atom is 0.416 e. The Kier molecular flexibility index (Phi) is 6.70. The highest BCUT2D eigenvalue weighted by molar-refractivity contribution is 7.92. The van der Waals surface area contributed by atoms with Crippen molar-refractivity contribution in [1.82, 2.24) is 0 Å². The predicted octanol–water partition coefficient (Wildman–Crippen LogP) is 6.17. The Balaban J connectivity index is 1.80. The van der Waals surface area contributed by atoms with Crippen LogP contribution in [-0.4, -0.2) is 25.7 Å². The molecule has 0 aromatic heterocycles. The maximum atomic E-state index is 14.1. The number of anilines is 1. The number of hydrogen-bond donors (Lipinski definition) is 1. The summed E-state index contributed by atoms with van der Waals surface area (Å²) in [6, 6.07) is 11.6. The molecule has 0 saturated carbocycles. The zero-order chi connectivity index (χ0) is 25.5. The van der Waals surface area contributed by atoms with Crippen molar-refractivity contribution >= 4 is 39.5 Å². The zero-order valence-electron chi connectivity index (χ0n) is 18.3. The second kappa shape index (κ2) is 9.29. The van der Waals surface area contributed by atoms with Crippen LogP contribution in [0.2, 0.25) is 5.02 Å². The molecule has 0 amide bonds. The molecule has 1 aliphatic rings. The van der Waals surface area contributed by atoms with Crippen LogP contribution in [0.4, 0.5) is 23.2 Å². The molecule has 3 aromatic rings. The van der Waals surface area contributed by atoms with Gasteiger partial charge in [-0.05, 0) is 60.5 Å². The lowest BCUT2D eigenvalue weighted by molar-refractivity contribution is -0.137. The lowest BCUT2D eigenvalue weighted by atomic mass is 9.95. The number of sulfonamides is 1. The minimum Gasteiger partial charge on any atom is -0.391 e. The van der Waals surface area contributed by atoms with Crippen LogP contribution in [0.1, 0.15) is 29.2 Å². The van der Waals surface area contributed by atoms with Crippen molar-refractivity contribution in [2.45, 2.75) is 36.6 Å². The van der Waals surface area contributed by atoms with E-state index in [0.29, 0.717) is 17.2 Å². The minimum atomic E-state index is -4.72. The summed E-state index contributed by atoms with van der Waals surface area (Å²) in [5, 5.41) is 10.7. The van der Waals surface area contributed by atoms with Gasteiger partial charge < -0.3 is 5.11 Å². The number of fused-ring (bicyclic) bond motifs is 1. The van der Waals surface area contributed by atoms with Crippen molar-refractivity contribution in [3.8, 4) is 0 Å². The Labute approximate surface area is 205 Å². The van der Waals surface area contributed by atoms with Crippen molar-refractivity contribution in [3.05, 3.63) is 93.8 Å². The second-order valence-electron chi connectivity index (χ2n) is 8.20. The Hall–Kier alpha value is -2.88. The fraction of sp³-hybridized carbons (Fsp3) is 0.200. The molecule has 1 aliphatic heterocycles. The molecular weight excluding hydrogens is 506 g/mol. The summed E-state index contributed by atoms with van der Waals surface area (Å²) in [7, 11) is -4.47. The molecule has 4 rings (SSSR count). The minimum absolute atomic E-state index is 0.157. The van der Waals surface area contributed by atoms with E-state index in [0.717, 1.165) is 22.5 Å². The summed E-state index contributed by atoms with van der Waals surface area (Å²) in [6.07, 6.45) is -2.63. The number of alkyl halides is 3. The van der Waals surface area contributed by atoms with Gasteiger partial charge in [0.2, 0.25) is 0 Å². The smallest absolute Gasteiger partial charge is 0.391 e. The van der Waals surface area contributed by atoms with E-state index in [9.17, 15) is 31.1 Å². The summed E-state index contributed by atoms with van der Waals surface area (Å²) < 4.78 is 81.8. The first kappa shape index (κ1) is 25.2. The Morgan fingerprint density at radius 3 is 2.46 bits per heavy atom. The summed E-state index contributed by atoms with van der Waals surface area (Å²) in [5.41, 5.74) is 0.302. The first-order valence-corrected chi connectivity index (χ1v) is 12.4. The van der Waals surface area contributed by atoms with Gasteiger partial charge in [-0.2, -0.15) is 13.2 Å². The molecule has 4 nitrogen and oxygen atoms in total. The molecule has 35 heavy (non-hydrogen) atoms. The van der Waals surface area contributed by atoms with Gasteiger partial charge in [-0.1, -0.05) is 41.9 Å². The Bertz CT molecular complexity index is 1390. The largest absolute Gasteiger partial charge is 0.416 e. The van der Waals surface area contributed by atoms with Gasteiger partial charge in [0.1, 0.15) is 5.82 Å². The lowest BCUT2D eigenvalue weighted by Gasteiger charge is -2.39. The third kappa shape index (κ3) is 4.94. The van der Waals surface area contributed by atoms with Crippen LogP contribution < -0.4 is 4.31 Å². The van der Waals surface area contributed by atoms with E-state index in [1.165, 1.54) is 37.3 Å². The lowest BCUT2D eigenvalue weighted by Crippen LogP contribution is -2.49. The number of halogens is 5. The van der Waals surface area contributed by atoms with Gasteiger partial charge in [0.15, 0.2) is 0 Å². The van der Waals surface area contributed by atoms with E-state index >= 15 is 0 Å². The van der Waals surface area contributed by atoms with Gasteiger partial charge in [-0.15, -0.1) is 0 Å². The van der Waals surface area contributed by atoms with Gasteiger partial charge in [0.25, 0.3) is 10.0 Å². The predicted molar refractivity (Wildman–Crippen MR) is 127 cm³/mol. The summed E-state index contributed by atoms with van der Waals surface area (Å²) in [4.78, 5) is -0.543. The van der Waals surface area contributed by atoms with Crippen molar-refractivity contribution in [2.75, 3.05) is 4.31 Å². The van der Waals surface area contributed by atoms with Gasteiger partial charge in [-0.3, -0.25) is 4.31 Å². The Morgan fingerprint density at radius 1 is 1.06 bits per heavy atom. The average Bonchev–Trinajstić information content (AvgIpc) is 2.79. The van der Waals surface area contributed by atoms with E-state index in [4.69, 9.17) is 11.6 Å². The molecule has 0 fully saturated rings. The quantitative estimate of drug-likeness (QED) is 0.327. The fourth-order valence-electron chi connectivity index (χ4n) is 3.98. The van der Waals surface area contributed by atoms with Crippen LogP contribution in [0.25, 0.3) is 12.2 Å². The molecule has 184 valence electrons. The number of nitrogens with zero attached hydrogens (tertiary/aromatic N) is 1. The third-order valence-corrected chi connectivity index (χ3v) is 8.09. The monoisotopic (exact) mass is 525 g/mol. The van der Waals surface area contributed by atoms with E-state index in [2.05, 4.69) is 0 Å². The third-order valence-electron chi connectivity index (χ3n) is 5.86. The van der Waals surface area contributed by atoms with Crippen LogP contribution in [0.15, 0.2) is 65.6 Å². The molecule has 0 spiro atoms. The van der Waals surface area contributed by atoms with E-state index in [1.807, 2.05) is 0 Å². The van der Waals surface area contributed by atoms with Crippen molar-refractivity contribution in [1.29, 1.82) is 0 Å². The molecule has 2 atom stereocenters. The standard InChI is InChI=1S/C25H20ClF4NO3S/c1-15-24(32)13-17-10-8-16(9-11-20-21(26)6-3-7-22(20)27)12-23(17)31(15)35(33,34)19-5-2-4-18(14-19)25(28,29)30/h2-12,14-15,24,32H,13H2,1H3/b11-9+. The molecule has 0 saturated heterocycles. The molecule has 10 heteroatoms. The molecule has 1 N–H and O–H groups in total. The first-order valence-electron chi connectivity index (χ1n) is 10.5. The van der Waals surface area contributed by atoms with Crippen LogP contribution in [0.5, 0.6) is 0 Å². The number of benzene rings is 3. The van der Waals surface area contributed by atoms with Crippen molar-refractivity contribution < 1.29 is 31.1 Å². The molecule has 2 unspecified atom stereocenters. The highest BCUT2D eigenvalue weighted by Gasteiger charge is 2.39. The maximum absolute atomic E-state index is 14.1. The molecule has 0 radical (unpaired) electrons. The topological polar surface area (TPSA) is 57.6 Å². The molecule has 0 aliphatic carbocycles. The van der Waals surface area contributed by atoms with E-state index in [1.54, 1.807) is 18.2 Å². The van der Waals surface area contributed by atoms with Gasteiger partial charge in [0.05, 0.1) is 33.3 Å². The summed E-state index contributed by atoms with van der Waals surface area (Å²) >= 11 is 6.06. The SMILES string of the molecule is CC1C(O)Cc2ccc(/C=C/c3c(F)cccc3Cl)cc2N1S(=O)(=O)c1cccc(C(F)(F)F)c1. The fourth-order valence-corrected chi connectivity index (χ4v) is 5.96. The summed E-state index contributed by atoms with van der Waals surface area (Å²) in [5.74, 6) is -0.530. The van der Waals surface area contributed by atoms with Gasteiger partial charge in [-0.25, -0.2) is 12.8 Å².